The van der Waals surface area contributed by atoms with Crippen molar-refractivity contribution in [2.75, 3.05) is 16.0 Å². The van der Waals surface area contributed by atoms with Crippen molar-refractivity contribution >= 4 is 35.0 Å². The summed E-state index contributed by atoms with van der Waals surface area (Å²) >= 11 is 1.44. The molecule has 3 aromatic carbocycles. The Hall–Kier alpha value is -3.12. The number of hydrogen-bond donors (Lipinski definition) is 1. The Kier molecular flexibility index (Phi) is 5.12. The fourth-order valence-corrected chi connectivity index (χ4v) is 4.30. The van der Waals surface area contributed by atoms with Gasteiger partial charge in [-0.05, 0) is 42.0 Å². The van der Waals surface area contributed by atoms with Crippen molar-refractivity contribution < 1.29 is 14.0 Å². The van der Waals surface area contributed by atoms with Gasteiger partial charge >= 0.3 is 0 Å². The first-order valence-corrected chi connectivity index (χ1v) is 9.83. The molecule has 0 spiro atoms. The third kappa shape index (κ3) is 3.64. The number of carbonyl (C=O) groups excluding carboxylic acids is 2. The molecule has 1 N–H and O–H groups in total. The smallest absolute Gasteiger partial charge is 0.255 e. The standard InChI is InChI=1S/C22H17FN2O2S/c23-18-11-4-5-12-19(18)25-20(26)14-28-22(25)16-9-6-10-17(13-16)24-21(27)15-7-2-1-3-8-15/h1-13,22H,14H2,(H,24,27). The summed E-state index contributed by atoms with van der Waals surface area (Å²) in [6.07, 6.45) is 0. The van der Waals surface area contributed by atoms with Crippen LogP contribution in [0.5, 0.6) is 0 Å². The van der Waals surface area contributed by atoms with Crippen molar-refractivity contribution in [3.63, 3.8) is 0 Å². The summed E-state index contributed by atoms with van der Waals surface area (Å²) in [4.78, 5) is 26.3. The molecule has 28 heavy (non-hydrogen) atoms. The van der Waals surface area contributed by atoms with Gasteiger partial charge in [-0.1, -0.05) is 42.5 Å². The van der Waals surface area contributed by atoms with Gasteiger partial charge in [-0.25, -0.2) is 4.39 Å². The number of nitrogens with zero attached hydrogens (tertiary/aromatic N) is 1. The van der Waals surface area contributed by atoms with Crippen molar-refractivity contribution in [3.8, 4) is 0 Å². The van der Waals surface area contributed by atoms with E-state index >= 15 is 0 Å². The van der Waals surface area contributed by atoms with Gasteiger partial charge < -0.3 is 5.32 Å². The van der Waals surface area contributed by atoms with Crippen molar-refractivity contribution in [2.45, 2.75) is 5.37 Å². The molecule has 4 nitrogen and oxygen atoms in total. The van der Waals surface area contributed by atoms with Crippen LogP contribution in [0.4, 0.5) is 15.8 Å². The van der Waals surface area contributed by atoms with E-state index in [9.17, 15) is 14.0 Å². The summed E-state index contributed by atoms with van der Waals surface area (Å²) in [6.45, 7) is 0. The first-order valence-electron chi connectivity index (χ1n) is 8.78. The minimum absolute atomic E-state index is 0.140. The molecular formula is C22H17FN2O2S. The largest absolute Gasteiger partial charge is 0.322 e. The second-order valence-electron chi connectivity index (χ2n) is 6.32. The van der Waals surface area contributed by atoms with E-state index in [4.69, 9.17) is 0 Å². The first-order chi connectivity index (χ1) is 13.6. The zero-order valence-electron chi connectivity index (χ0n) is 14.8. The molecule has 1 aliphatic rings. The number of amides is 2. The van der Waals surface area contributed by atoms with Crippen LogP contribution in [-0.2, 0) is 4.79 Å². The van der Waals surface area contributed by atoms with E-state index in [0.29, 0.717) is 11.3 Å². The minimum Gasteiger partial charge on any atom is -0.322 e. The van der Waals surface area contributed by atoms with Crippen LogP contribution >= 0.6 is 11.8 Å². The summed E-state index contributed by atoms with van der Waals surface area (Å²) in [5.41, 5.74) is 2.28. The third-order valence-electron chi connectivity index (χ3n) is 4.45. The maximum absolute atomic E-state index is 14.3. The van der Waals surface area contributed by atoms with Gasteiger partial charge in [0.1, 0.15) is 11.2 Å². The van der Waals surface area contributed by atoms with Crippen LogP contribution in [0.1, 0.15) is 21.3 Å². The Morgan fingerprint density at radius 2 is 1.75 bits per heavy atom. The molecule has 1 aliphatic heterocycles. The van der Waals surface area contributed by atoms with E-state index in [2.05, 4.69) is 5.32 Å². The SMILES string of the molecule is O=C(Nc1cccc(C2SCC(=O)N2c2ccccc2F)c1)c1ccccc1. The van der Waals surface area contributed by atoms with E-state index < -0.39 is 5.82 Å². The molecule has 6 heteroatoms. The van der Waals surface area contributed by atoms with Crippen LogP contribution in [-0.4, -0.2) is 17.6 Å². The Bertz CT molecular complexity index is 1030. The fourth-order valence-electron chi connectivity index (χ4n) is 3.14. The van der Waals surface area contributed by atoms with Gasteiger partial charge in [0.2, 0.25) is 5.91 Å². The highest BCUT2D eigenvalue weighted by Crippen LogP contribution is 2.42. The van der Waals surface area contributed by atoms with E-state index in [1.165, 1.54) is 22.7 Å². The van der Waals surface area contributed by atoms with Crippen LogP contribution in [0.3, 0.4) is 0 Å². The van der Waals surface area contributed by atoms with Crippen molar-refractivity contribution in [3.05, 3.63) is 95.8 Å². The average Bonchev–Trinajstić information content (AvgIpc) is 3.10. The Balaban J connectivity index is 1.61. The van der Waals surface area contributed by atoms with E-state index in [0.717, 1.165) is 5.56 Å². The topological polar surface area (TPSA) is 49.4 Å². The van der Waals surface area contributed by atoms with Crippen molar-refractivity contribution in [1.82, 2.24) is 0 Å². The lowest BCUT2D eigenvalue weighted by molar-refractivity contribution is -0.115. The predicted molar refractivity (Wildman–Crippen MR) is 110 cm³/mol. The number of halogens is 1. The van der Waals surface area contributed by atoms with Gasteiger partial charge in [-0.3, -0.25) is 14.5 Å². The Morgan fingerprint density at radius 3 is 2.54 bits per heavy atom. The summed E-state index contributed by atoms with van der Waals surface area (Å²) in [7, 11) is 0. The quantitative estimate of drug-likeness (QED) is 0.690. The highest BCUT2D eigenvalue weighted by atomic mass is 32.2. The number of anilines is 2. The fraction of sp³-hybridized carbons (Fsp3) is 0.0909. The van der Waals surface area contributed by atoms with Crippen LogP contribution in [0, 0.1) is 5.82 Å². The summed E-state index contributed by atoms with van der Waals surface area (Å²) < 4.78 is 14.3. The number of thioether (sulfide) groups is 1. The van der Waals surface area contributed by atoms with Gasteiger partial charge in [0, 0.05) is 11.3 Å². The van der Waals surface area contributed by atoms with Crippen LogP contribution < -0.4 is 10.2 Å². The number of para-hydroxylation sites is 1. The number of rotatable bonds is 4. The molecule has 0 saturated carbocycles. The average molecular weight is 392 g/mol. The zero-order chi connectivity index (χ0) is 19.5. The van der Waals surface area contributed by atoms with Crippen molar-refractivity contribution in [2.24, 2.45) is 0 Å². The second kappa shape index (κ2) is 7.86. The monoisotopic (exact) mass is 392 g/mol. The molecule has 1 heterocycles. The number of carbonyl (C=O) groups is 2. The van der Waals surface area contributed by atoms with E-state index in [1.807, 2.05) is 24.3 Å². The lowest BCUT2D eigenvalue weighted by atomic mass is 10.1. The summed E-state index contributed by atoms with van der Waals surface area (Å²) in [6, 6.07) is 22.5. The Morgan fingerprint density at radius 1 is 1.00 bits per heavy atom. The number of hydrogen-bond acceptors (Lipinski definition) is 3. The molecule has 4 rings (SSSR count). The maximum atomic E-state index is 14.3. The normalized spacial score (nSPS) is 16.2. The molecule has 0 radical (unpaired) electrons. The van der Waals surface area contributed by atoms with E-state index in [-0.39, 0.29) is 28.6 Å². The zero-order valence-corrected chi connectivity index (χ0v) is 15.7. The lowest BCUT2D eigenvalue weighted by Gasteiger charge is -2.25. The molecule has 1 fully saturated rings. The van der Waals surface area contributed by atoms with Gasteiger partial charge in [0.05, 0.1) is 11.4 Å². The third-order valence-corrected chi connectivity index (χ3v) is 5.66. The van der Waals surface area contributed by atoms with Gasteiger partial charge in [-0.2, -0.15) is 0 Å². The molecule has 3 aromatic rings. The van der Waals surface area contributed by atoms with Gasteiger partial charge in [-0.15, -0.1) is 11.8 Å². The van der Waals surface area contributed by atoms with E-state index in [1.54, 1.807) is 48.5 Å². The highest BCUT2D eigenvalue weighted by molar-refractivity contribution is 8.00. The Labute approximate surface area is 166 Å². The highest BCUT2D eigenvalue weighted by Gasteiger charge is 2.35. The molecule has 1 saturated heterocycles. The van der Waals surface area contributed by atoms with Gasteiger partial charge in [0.15, 0.2) is 0 Å². The second-order valence-corrected chi connectivity index (χ2v) is 7.39. The minimum atomic E-state index is -0.433. The molecule has 2 amide bonds. The molecule has 0 bridgehead atoms. The summed E-state index contributed by atoms with van der Waals surface area (Å²) in [5.74, 6) is -0.505. The molecular weight excluding hydrogens is 375 g/mol. The molecule has 1 atom stereocenters. The predicted octanol–water partition coefficient (Wildman–Crippen LogP) is 4.86. The number of nitrogens with one attached hydrogen (secondary N) is 1. The van der Waals surface area contributed by atoms with Gasteiger partial charge in [0.25, 0.3) is 5.91 Å². The molecule has 0 aliphatic carbocycles. The van der Waals surface area contributed by atoms with Crippen molar-refractivity contribution in [1.29, 1.82) is 0 Å². The first kappa shape index (κ1) is 18.3. The molecule has 0 aromatic heterocycles. The van der Waals surface area contributed by atoms with Crippen LogP contribution in [0.25, 0.3) is 0 Å². The maximum Gasteiger partial charge on any atom is 0.255 e. The number of benzene rings is 3. The van der Waals surface area contributed by atoms with Crippen LogP contribution in [0.2, 0.25) is 0 Å². The molecule has 140 valence electrons. The lowest BCUT2D eigenvalue weighted by Crippen LogP contribution is -2.28. The molecule has 1 unspecified atom stereocenters. The van der Waals surface area contributed by atoms with Crippen LogP contribution in [0.15, 0.2) is 78.9 Å². The summed E-state index contributed by atoms with van der Waals surface area (Å²) in [5, 5.41) is 2.52.